The van der Waals surface area contributed by atoms with Gasteiger partial charge in [-0.2, -0.15) is 0 Å². The summed E-state index contributed by atoms with van der Waals surface area (Å²) in [5, 5.41) is 11.4. The third-order valence-corrected chi connectivity index (χ3v) is 6.17. The predicted molar refractivity (Wildman–Crippen MR) is 127 cm³/mol. The molecule has 0 aliphatic carbocycles. The standard InChI is InChI=1S/C26H28FN3O5/c1-25(28)14-35-24-17(25)11-22(30-23(24)15-5-7-16(27)8-6-15)26(2,32)10-9-19(31)18-12-20(33-3)21(34-4)13-29-18/h5-8,11-13,32H,9-10,14,28H2,1-4H3. The molecule has 3 heterocycles. The molecule has 0 saturated heterocycles. The molecule has 0 spiro atoms. The van der Waals surface area contributed by atoms with Crippen LogP contribution in [0.2, 0.25) is 0 Å². The molecule has 9 heteroatoms. The van der Waals surface area contributed by atoms with Gasteiger partial charge in [-0.3, -0.25) is 4.79 Å². The molecule has 0 amide bonds. The maximum atomic E-state index is 13.5. The maximum absolute atomic E-state index is 13.5. The first kappa shape index (κ1) is 24.6. The van der Waals surface area contributed by atoms with Gasteiger partial charge >= 0.3 is 0 Å². The Kier molecular flexibility index (Phi) is 6.48. The van der Waals surface area contributed by atoms with E-state index in [-0.39, 0.29) is 36.7 Å². The Balaban J connectivity index is 1.64. The van der Waals surface area contributed by atoms with Gasteiger partial charge in [0.15, 0.2) is 23.0 Å². The summed E-state index contributed by atoms with van der Waals surface area (Å²) in [6.45, 7) is 3.67. The minimum absolute atomic E-state index is 0.0104. The second-order valence-corrected chi connectivity index (χ2v) is 9.07. The van der Waals surface area contributed by atoms with Crippen LogP contribution < -0.4 is 19.9 Å². The molecular weight excluding hydrogens is 453 g/mol. The minimum Gasteiger partial charge on any atom is -0.493 e. The monoisotopic (exact) mass is 481 g/mol. The largest absolute Gasteiger partial charge is 0.493 e. The van der Waals surface area contributed by atoms with Crippen LogP contribution in [-0.2, 0) is 11.1 Å². The van der Waals surface area contributed by atoms with E-state index in [1.807, 2.05) is 6.92 Å². The van der Waals surface area contributed by atoms with E-state index in [1.165, 1.54) is 38.6 Å². The fraction of sp³-hybridized carbons (Fsp3) is 0.346. The lowest BCUT2D eigenvalue weighted by Gasteiger charge is -2.25. The van der Waals surface area contributed by atoms with Gasteiger partial charge in [0.2, 0.25) is 0 Å². The average molecular weight is 482 g/mol. The molecule has 0 fully saturated rings. The zero-order valence-electron chi connectivity index (χ0n) is 20.1. The molecule has 1 aliphatic rings. The lowest BCUT2D eigenvalue weighted by molar-refractivity contribution is 0.0396. The van der Waals surface area contributed by atoms with Crippen molar-refractivity contribution in [2.75, 3.05) is 20.8 Å². The van der Waals surface area contributed by atoms with E-state index in [2.05, 4.69) is 9.97 Å². The molecule has 0 radical (unpaired) electrons. The summed E-state index contributed by atoms with van der Waals surface area (Å²) in [4.78, 5) is 21.6. The summed E-state index contributed by atoms with van der Waals surface area (Å²) in [5.41, 5.74) is 6.50. The second kappa shape index (κ2) is 9.24. The summed E-state index contributed by atoms with van der Waals surface area (Å²) in [6.07, 6.45) is 1.51. The van der Waals surface area contributed by atoms with Crippen molar-refractivity contribution < 1.29 is 28.5 Å². The Morgan fingerprint density at radius 1 is 1.23 bits per heavy atom. The molecule has 1 aliphatic heterocycles. The molecule has 4 rings (SSSR count). The van der Waals surface area contributed by atoms with Crippen LogP contribution in [0.4, 0.5) is 4.39 Å². The number of carbonyl (C=O) groups excluding carboxylic acids is 1. The van der Waals surface area contributed by atoms with Gasteiger partial charge in [0.25, 0.3) is 0 Å². The molecule has 0 bridgehead atoms. The number of ketones is 1. The minimum atomic E-state index is -1.46. The van der Waals surface area contributed by atoms with Crippen molar-refractivity contribution in [2.24, 2.45) is 5.73 Å². The van der Waals surface area contributed by atoms with E-state index in [0.29, 0.717) is 39.8 Å². The Bertz CT molecular complexity index is 1260. The average Bonchev–Trinajstić information content (AvgIpc) is 3.16. The van der Waals surface area contributed by atoms with Crippen molar-refractivity contribution >= 4 is 5.78 Å². The number of hydrogen-bond acceptors (Lipinski definition) is 8. The number of benzene rings is 1. The molecule has 3 aromatic rings. The van der Waals surface area contributed by atoms with Crippen LogP contribution in [0, 0.1) is 5.82 Å². The lowest BCUT2D eigenvalue weighted by atomic mass is 9.88. The number of aliphatic hydroxyl groups is 1. The first-order chi connectivity index (χ1) is 16.6. The number of Topliss-reactive ketones (excluding diaryl/α,β-unsaturated/α-hetero) is 1. The second-order valence-electron chi connectivity index (χ2n) is 9.07. The predicted octanol–water partition coefficient (Wildman–Crippen LogP) is 3.74. The molecule has 8 nitrogen and oxygen atoms in total. The highest BCUT2D eigenvalue weighted by Crippen LogP contribution is 2.44. The van der Waals surface area contributed by atoms with Crippen molar-refractivity contribution in [2.45, 2.75) is 37.8 Å². The van der Waals surface area contributed by atoms with Gasteiger partial charge in [0.05, 0.1) is 31.6 Å². The number of fused-ring (bicyclic) bond motifs is 1. The summed E-state index contributed by atoms with van der Waals surface area (Å²) in [7, 11) is 2.96. The Hall–Kier alpha value is -3.56. The van der Waals surface area contributed by atoms with Crippen LogP contribution in [0.3, 0.4) is 0 Å². The van der Waals surface area contributed by atoms with Gasteiger partial charge in [-0.15, -0.1) is 0 Å². The number of halogens is 1. The van der Waals surface area contributed by atoms with Crippen LogP contribution in [0.5, 0.6) is 17.2 Å². The van der Waals surface area contributed by atoms with Gasteiger partial charge < -0.3 is 25.1 Å². The molecule has 35 heavy (non-hydrogen) atoms. The molecule has 2 aromatic heterocycles. The number of nitrogens with two attached hydrogens (primary N) is 1. The summed E-state index contributed by atoms with van der Waals surface area (Å²) in [5.74, 6) is 0.674. The van der Waals surface area contributed by atoms with E-state index in [4.69, 9.17) is 19.9 Å². The van der Waals surface area contributed by atoms with E-state index < -0.39 is 11.1 Å². The normalized spacial score (nSPS) is 18.4. The van der Waals surface area contributed by atoms with Crippen molar-refractivity contribution in [1.29, 1.82) is 0 Å². The van der Waals surface area contributed by atoms with E-state index in [9.17, 15) is 14.3 Å². The van der Waals surface area contributed by atoms with Gasteiger partial charge in [-0.05, 0) is 50.6 Å². The van der Waals surface area contributed by atoms with E-state index in [0.717, 1.165) is 0 Å². The van der Waals surface area contributed by atoms with Gasteiger partial charge in [-0.25, -0.2) is 14.4 Å². The summed E-state index contributed by atoms with van der Waals surface area (Å²) < 4.78 is 29.8. The summed E-state index contributed by atoms with van der Waals surface area (Å²) in [6, 6.07) is 9.08. The highest BCUT2D eigenvalue weighted by molar-refractivity contribution is 5.94. The van der Waals surface area contributed by atoms with E-state index >= 15 is 0 Å². The number of carbonyl (C=O) groups is 1. The molecule has 0 saturated carbocycles. The van der Waals surface area contributed by atoms with E-state index in [1.54, 1.807) is 25.1 Å². The fourth-order valence-corrected chi connectivity index (χ4v) is 3.99. The van der Waals surface area contributed by atoms with Crippen LogP contribution in [0.15, 0.2) is 42.6 Å². The Morgan fingerprint density at radius 3 is 2.57 bits per heavy atom. The molecular formula is C26H28FN3O5. The van der Waals surface area contributed by atoms with Gasteiger partial charge in [0.1, 0.15) is 29.4 Å². The van der Waals surface area contributed by atoms with Gasteiger partial charge in [0, 0.05) is 23.6 Å². The quantitative estimate of drug-likeness (QED) is 0.468. The van der Waals surface area contributed by atoms with Crippen LogP contribution >= 0.6 is 0 Å². The summed E-state index contributed by atoms with van der Waals surface area (Å²) >= 11 is 0. The lowest BCUT2D eigenvalue weighted by Crippen LogP contribution is -2.35. The van der Waals surface area contributed by atoms with Crippen LogP contribution in [-0.4, -0.2) is 41.7 Å². The molecule has 1 aromatic carbocycles. The van der Waals surface area contributed by atoms with Gasteiger partial charge in [-0.1, -0.05) is 0 Å². The molecule has 2 atom stereocenters. The highest BCUT2D eigenvalue weighted by Gasteiger charge is 2.38. The number of pyridine rings is 2. The number of ether oxygens (including phenoxy) is 3. The first-order valence-electron chi connectivity index (χ1n) is 11.1. The number of hydrogen-bond donors (Lipinski definition) is 2. The fourth-order valence-electron chi connectivity index (χ4n) is 3.99. The van der Waals surface area contributed by atoms with Crippen molar-refractivity contribution in [3.05, 3.63) is 65.4 Å². The Labute approximate surface area is 202 Å². The van der Waals surface area contributed by atoms with Crippen LogP contribution in [0.1, 0.15) is 48.4 Å². The number of methoxy groups -OCH3 is 2. The SMILES string of the molecule is COc1cnc(C(=O)CCC(C)(O)c2cc3c(c(-c4ccc(F)cc4)n2)OCC3(C)N)cc1OC. The van der Waals surface area contributed by atoms with Crippen LogP contribution in [0.25, 0.3) is 11.3 Å². The number of aromatic nitrogens is 2. The molecule has 184 valence electrons. The zero-order valence-corrected chi connectivity index (χ0v) is 20.1. The molecule has 2 unspecified atom stereocenters. The maximum Gasteiger partial charge on any atom is 0.181 e. The third-order valence-electron chi connectivity index (χ3n) is 6.17. The smallest absolute Gasteiger partial charge is 0.181 e. The molecule has 3 N–H and O–H groups in total. The van der Waals surface area contributed by atoms with Crippen molar-refractivity contribution in [3.8, 4) is 28.5 Å². The highest BCUT2D eigenvalue weighted by atomic mass is 19.1. The first-order valence-corrected chi connectivity index (χ1v) is 11.1. The number of nitrogens with zero attached hydrogens (tertiary/aromatic N) is 2. The number of rotatable bonds is 8. The zero-order chi connectivity index (χ0) is 25.4. The van der Waals surface area contributed by atoms with Crippen molar-refractivity contribution in [1.82, 2.24) is 9.97 Å². The Morgan fingerprint density at radius 2 is 1.91 bits per heavy atom. The van der Waals surface area contributed by atoms with Crippen molar-refractivity contribution in [3.63, 3.8) is 0 Å². The third kappa shape index (κ3) is 4.82. The topological polar surface area (TPSA) is 117 Å².